The zero-order valence-electron chi connectivity index (χ0n) is 16.1. The van der Waals surface area contributed by atoms with Crippen LogP contribution in [0.4, 0.5) is 13.6 Å². The van der Waals surface area contributed by atoms with Gasteiger partial charge < -0.3 is 9.47 Å². The highest BCUT2D eigenvalue weighted by Gasteiger charge is 2.46. The second-order valence-electron chi connectivity index (χ2n) is 7.54. The van der Waals surface area contributed by atoms with E-state index in [0.29, 0.717) is 0 Å². The molecule has 6 nitrogen and oxygen atoms in total. The topological polar surface area (TPSA) is 68.2 Å². The SMILES string of the molecule is CCOC(=O)C1(C)CN(C(=O)OC(C)(C)C)C(Cc2cc(F)cc(F)c2)=N1. The number of aliphatic imine (C=N–C) groups is 1. The van der Waals surface area contributed by atoms with Crippen LogP contribution in [-0.4, -0.2) is 47.1 Å². The summed E-state index contributed by atoms with van der Waals surface area (Å²) in [7, 11) is 0. The highest BCUT2D eigenvalue weighted by Crippen LogP contribution is 2.26. The van der Waals surface area contributed by atoms with E-state index in [4.69, 9.17) is 9.47 Å². The Kier molecular flexibility index (Phi) is 5.87. The van der Waals surface area contributed by atoms with Crippen molar-refractivity contribution in [2.24, 2.45) is 4.99 Å². The minimum atomic E-state index is -1.31. The number of carbonyl (C=O) groups is 2. The Labute approximate surface area is 157 Å². The summed E-state index contributed by atoms with van der Waals surface area (Å²) in [4.78, 5) is 30.4. The second kappa shape index (κ2) is 7.62. The molecule has 2 rings (SSSR count). The van der Waals surface area contributed by atoms with E-state index in [2.05, 4.69) is 4.99 Å². The molecular formula is C19H24F2N2O4. The summed E-state index contributed by atoms with van der Waals surface area (Å²) >= 11 is 0. The van der Waals surface area contributed by atoms with Gasteiger partial charge in [-0.25, -0.2) is 18.4 Å². The second-order valence-corrected chi connectivity index (χ2v) is 7.54. The van der Waals surface area contributed by atoms with Crippen molar-refractivity contribution in [1.29, 1.82) is 0 Å². The Balaban J connectivity index is 2.35. The van der Waals surface area contributed by atoms with Crippen LogP contribution in [0.2, 0.25) is 0 Å². The van der Waals surface area contributed by atoms with E-state index in [0.717, 1.165) is 18.2 Å². The molecule has 1 aliphatic heterocycles. The Morgan fingerprint density at radius 3 is 2.33 bits per heavy atom. The number of hydrogen-bond acceptors (Lipinski definition) is 5. The Morgan fingerprint density at radius 2 is 1.81 bits per heavy atom. The standard InChI is InChI=1S/C19H24F2N2O4/c1-6-26-16(24)19(5)11-23(17(25)27-18(2,3)4)15(22-19)9-12-7-13(20)10-14(21)8-12/h7-8,10H,6,9,11H2,1-5H3. The van der Waals surface area contributed by atoms with Gasteiger partial charge in [0.1, 0.15) is 23.1 Å². The lowest BCUT2D eigenvalue weighted by molar-refractivity contribution is -0.148. The first-order chi connectivity index (χ1) is 12.4. The molecule has 27 heavy (non-hydrogen) atoms. The van der Waals surface area contributed by atoms with Crippen LogP contribution in [0.3, 0.4) is 0 Å². The number of esters is 1. The molecule has 1 heterocycles. The van der Waals surface area contributed by atoms with Gasteiger partial charge in [-0.1, -0.05) is 0 Å². The molecule has 0 fully saturated rings. The summed E-state index contributed by atoms with van der Waals surface area (Å²) in [5, 5.41) is 0. The van der Waals surface area contributed by atoms with Crippen molar-refractivity contribution >= 4 is 17.9 Å². The molecule has 1 unspecified atom stereocenters. The lowest BCUT2D eigenvalue weighted by Gasteiger charge is -2.26. The van der Waals surface area contributed by atoms with Crippen molar-refractivity contribution in [3.63, 3.8) is 0 Å². The molecule has 1 aliphatic rings. The highest BCUT2D eigenvalue weighted by molar-refractivity contribution is 6.01. The van der Waals surface area contributed by atoms with Crippen LogP contribution in [0.5, 0.6) is 0 Å². The van der Waals surface area contributed by atoms with E-state index < -0.39 is 34.8 Å². The lowest BCUT2D eigenvalue weighted by Crippen LogP contribution is -2.45. The number of benzene rings is 1. The van der Waals surface area contributed by atoms with Gasteiger partial charge in [-0.05, 0) is 52.3 Å². The fourth-order valence-corrected chi connectivity index (χ4v) is 2.69. The third kappa shape index (κ3) is 5.24. The highest BCUT2D eigenvalue weighted by atomic mass is 19.1. The number of rotatable bonds is 4. The third-order valence-corrected chi connectivity index (χ3v) is 3.77. The molecule has 0 radical (unpaired) electrons. The van der Waals surface area contributed by atoms with Gasteiger partial charge in [0.05, 0.1) is 13.2 Å². The quantitative estimate of drug-likeness (QED) is 0.748. The van der Waals surface area contributed by atoms with Crippen LogP contribution in [0.25, 0.3) is 0 Å². The molecule has 1 aromatic rings. The zero-order chi connectivity index (χ0) is 20.4. The van der Waals surface area contributed by atoms with E-state index >= 15 is 0 Å². The molecule has 0 aromatic heterocycles. The summed E-state index contributed by atoms with van der Waals surface area (Å²) in [6.45, 7) is 8.44. The number of ether oxygens (including phenoxy) is 2. The minimum Gasteiger partial charge on any atom is -0.464 e. The van der Waals surface area contributed by atoms with Crippen molar-refractivity contribution in [3.8, 4) is 0 Å². The smallest absolute Gasteiger partial charge is 0.415 e. The average molecular weight is 382 g/mol. The average Bonchev–Trinajstić information content (AvgIpc) is 2.83. The molecule has 148 valence electrons. The van der Waals surface area contributed by atoms with Crippen molar-refractivity contribution < 1.29 is 27.8 Å². The number of hydrogen-bond donors (Lipinski definition) is 0. The molecule has 1 atom stereocenters. The molecule has 8 heteroatoms. The van der Waals surface area contributed by atoms with E-state index in [9.17, 15) is 18.4 Å². The molecule has 1 aromatic carbocycles. The summed E-state index contributed by atoms with van der Waals surface area (Å²) in [6.07, 6.45) is -0.728. The van der Waals surface area contributed by atoms with E-state index in [-0.39, 0.29) is 31.0 Å². The maximum Gasteiger partial charge on any atom is 0.415 e. The summed E-state index contributed by atoms with van der Waals surface area (Å²) in [5.41, 5.74) is -1.78. The first kappa shape index (κ1) is 20.8. The number of carbonyl (C=O) groups excluding carboxylic acids is 2. The molecule has 1 amide bonds. The number of amidine groups is 1. The van der Waals surface area contributed by atoms with Crippen LogP contribution in [-0.2, 0) is 20.7 Å². The number of nitrogens with zero attached hydrogens (tertiary/aromatic N) is 2. The van der Waals surface area contributed by atoms with Crippen molar-refractivity contribution in [2.45, 2.75) is 52.2 Å². The minimum absolute atomic E-state index is 0.0388. The molecule has 0 saturated carbocycles. The van der Waals surface area contributed by atoms with E-state index in [1.807, 2.05) is 0 Å². The molecule has 0 bridgehead atoms. The van der Waals surface area contributed by atoms with Gasteiger partial charge in [0.2, 0.25) is 0 Å². The van der Waals surface area contributed by atoms with E-state index in [1.165, 1.54) is 4.90 Å². The number of halogens is 2. The Bertz CT molecular complexity index is 753. The monoisotopic (exact) mass is 382 g/mol. The Morgan fingerprint density at radius 1 is 1.22 bits per heavy atom. The molecule has 0 saturated heterocycles. The summed E-state index contributed by atoms with van der Waals surface area (Å²) < 4.78 is 37.4. The lowest BCUT2D eigenvalue weighted by atomic mass is 10.1. The first-order valence-corrected chi connectivity index (χ1v) is 8.65. The van der Waals surface area contributed by atoms with Crippen LogP contribution in [0, 0.1) is 11.6 Å². The molecular weight excluding hydrogens is 358 g/mol. The van der Waals surface area contributed by atoms with Gasteiger partial charge in [0.15, 0.2) is 5.54 Å². The van der Waals surface area contributed by atoms with Gasteiger partial charge in [0.25, 0.3) is 0 Å². The third-order valence-electron chi connectivity index (χ3n) is 3.77. The van der Waals surface area contributed by atoms with Crippen LogP contribution < -0.4 is 0 Å². The fraction of sp³-hybridized carbons (Fsp3) is 0.526. The van der Waals surface area contributed by atoms with Gasteiger partial charge in [-0.2, -0.15) is 0 Å². The van der Waals surface area contributed by atoms with Gasteiger partial charge in [0, 0.05) is 12.5 Å². The van der Waals surface area contributed by atoms with Gasteiger partial charge in [-0.3, -0.25) is 9.89 Å². The normalized spacial score (nSPS) is 19.7. The fourth-order valence-electron chi connectivity index (χ4n) is 2.69. The van der Waals surface area contributed by atoms with Crippen LogP contribution >= 0.6 is 0 Å². The van der Waals surface area contributed by atoms with Crippen LogP contribution in [0.15, 0.2) is 23.2 Å². The van der Waals surface area contributed by atoms with Crippen molar-refractivity contribution in [1.82, 2.24) is 4.90 Å². The molecule has 0 N–H and O–H groups in total. The van der Waals surface area contributed by atoms with Gasteiger partial charge >= 0.3 is 12.1 Å². The summed E-state index contributed by atoms with van der Waals surface area (Å²) in [5.74, 6) is -1.87. The number of amides is 1. The maximum atomic E-state index is 13.5. The Hall–Kier alpha value is -2.51. The van der Waals surface area contributed by atoms with E-state index in [1.54, 1.807) is 34.6 Å². The van der Waals surface area contributed by atoms with Crippen molar-refractivity contribution in [2.75, 3.05) is 13.2 Å². The first-order valence-electron chi connectivity index (χ1n) is 8.65. The van der Waals surface area contributed by atoms with Crippen LogP contribution in [0.1, 0.15) is 40.2 Å². The van der Waals surface area contributed by atoms with Crippen molar-refractivity contribution in [3.05, 3.63) is 35.4 Å². The predicted molar refractivity (Wildman–Crippen MR) is 95.5 cm³/mol. The predicted octanol–water partition coefficient (Wildman–Crippen LogP) is 3.48. The molecule has 0 aliphatic carbocycles. The maximum absolute atomic E-state index is 13.5. The van der Waals surface area contributed by atoms with Gasteiger partial charge in [-0.15, -0.1) is 0 Å². The largest absolute Gasteiger partial charge is 0.464 e. The summed E-state index contributed by atoms with van der Waals surface area (Å²) in [6, 6.07) is 3.06. The molecule has 0 spiro atoms. The zero-order valence-corrected chi connectivity index (χ0v) is 16.1.